The third-order valence-corrected chi connectivity index (χ3v) is 3.36. The van der Waals surface area contributed by atoms with Crippen LogP contribution >= 0.6 is 11.6 Å². The molecule has 0 spiro atoms. The molecule has 2 aromatic rings. The molecule has 2 rings (SSSR count). The molecule has 0 aliphatic carbocycles. The van der Waals surface area contributed by atoms with Gasteiger partial charge in [0, 0.05) is 31.4 Å². The van der Waals surface area contributed by atoms with E-state index in [2.05, 4.69) is 28.7 Å². The number of H-pyrrole nitrogens is 1. The van der Waals surface area contributed by atoms with Crippen molar-refractivity contribution in [3.63, 3.8) is 0 Å². The summed E-state index contributed by atoms with van der Waals surface area (Å²) < 4.78 is 26.4. The van der Waals surface area contributed by atoms with Crippen molar-refractivity contribution in [1.29, 1.82) is 0 Å². The van der Waals surface area contributed by atoms with Gasteiger partial charge in [-0.2, -0.15) is 5.10 Å². The van der Waals surface area contributed by atoms with Gasteiger partial charge in [0.2, 0.25) is 0 Å². The van der Waals surface area contributed by atoms with Crippen molar-refractivity contribution >= 4 is 28.8 Å². The highest BCUT2D eigenvalue weighted by atomic mass is 35.5. The van der Waals surface area contributed by atoms with E-state index in [1.165, 1.54) is 0 Å². The summed E-state index contributed by atoms with van der Waals surface area (Å²) in [6, 6.07) is 3.61. The van der Waals surface area contributed by atoms with Gasteiger partial charge in [-0.1, -0.05) is 24.8 Å². The van der Waals surface area contributed by atoms with E-state index in [0.29, 0.717) is 11.5 Å². The number of nitrogens with zero attached hydrogens (tertiary/aromatic N) is 2. The summed E-state index contributed by atoms with van der Waals surface area (Å²) in [4.78, 5) is 1.83. The highest BCUT2D eigenvalue weighted by molar-refractivity contribution is 6.32. The number of halogens is 3. The fraction of sp³-hybridized carbons (Fsp3) is 0.133. The topological polar surface area (TPSA) is 44.0 Å². The number of hydrogen-bond donors (Lipinski definition) is 2. The van der Waals surface area contributed by atoms with Gasteiger partial charge in [-0.25, -0.2) is 8.78 Å². The molecule has 0 radical (unpaired) electrons. The number of nitrogens with one attached hydrogen (secondary N) is 2. The van der Waals surface area contributed by atoms with Crippen LogP contribution in [0.25, 0.3) is 11.4 Å². The molecule has 1 aromatic carbocycles. The molecule has 7 heteroatoms. The Morgan fingerprint density at radius 1 is 1.23 bits per heavy atom. The lowest BCUT2D eigenvalue weighted by atomic mass is 10.1. The van der Waals surface area contributed by atoms with E-state index in [1.807, 2.05) is 19.0 Å². The van der Waals surface area contributed by atoms with Gasteiger partial charge >= 0.3 is 0 Å². The minimum Gasteiger partial charge on any atom is -0.376 e. The number of aromatic nitrogens is 2. The number of benzene rings is 1. The molecule has 0 unspecified atom stereocenters. The van der Waals surface area contributed by atoms with Crippen LogP contribution in [0.5, 0.6) is 0 Å². The molecule has 1 heterocycles. The van der Waals surface area contributed by atoms with Crippen LogP contribution in [0.1, 0.15) is 11.3 Å². The Balaban J connectivity index is 2.19. The van der Waals surface area contributed by atoms with Crippen LogP contribution in [0.4, 0.5) is 14.6 Å². The average molecular weight is 325 g/mol. The fourth-order valence-corrected chi connectivity index (χ4v) is 2.01. The van der Waals surface area contributed by atoms with Crippen LogP contribution in [0, 0.1) is 11.6 Å². The number of anilines is 1. The first-order valence-corrected chi connectivity index (χ1v) is 6.70. The average Bonchev–Trinajstić information content (AvgIpc) is 2.90. The maximum atomic E-state index is 13.3. The minimum atomic E-state index is -1.01. The maximum Gasteiger partial charge on any atom is 0.160 e. The molecule has 0 bridgehead atoms. The summed E-state index contributed by atoms with van der Waals surface area (Å²) in [7, 11) is 3.71. The van der Waals surface area contributed by atoms with Crippen LogP contribution in [-0.4, -0.2) is 29.2 Å². The van der Waals surface area contributed by atoms with Gasteiger partial charge in [0.25, 0.3) is 0 Å². The molecule has 116 valence electrons. The van der Waals surface area contributed by atoms with Gasteiger partial charge in [0.1, 0.15) is 0 Å². The highest BCUT2D eigenvalue weighted by Gasteiger charge is 2.13. The van der Waals surface area contributed by atoms with Gasteiger partial charge < -0.3 is 10.2 Å². The first-order valence-electron chi connectivity index (χ1n) is 6.32. The van der Waals surface area contributed by atoms with Gasteiger partial charge in [-0.3, -0.25) is 5.10 Å². The Morgan fingerprint density at radius 3 is 2.50 bits per heavy atom. The molecular weight excluding hydrogens is 310 g/mol. The third kappa shape index (κ3) is 3.28. The lowest BCUT2D eigenvalue weighted by Crippen LogP contribution is -2.08. The van der Waals surface area contributed by atoms with Gasteiger partial charge in [0.05, 0.1) is 16.4 Å². The van der Waals surface area contributed by atoms with Crippen molar-refractivity contribution in [2.75, 3.05) is 19.4 Å². The van der Waals surface area contributed by atoms with Crippen molar-refractivity contribution in [2.45, 2.75) is 0 Å². The lowest BCUT2D eigenvalue weighted by molar-refractivity contribution is 0.508. The van der Waals surface area contributed by atoms with Crippen LogP contribution < -0.4 is 5.32 Å². The molecule has 0 aliphatic rings. The zero-order chi connectivity index (χ0) is 16.4. The predicted octanol–water partition coefficient (Wildman–Crippen LogP) is 3.96. The van der Waals surface area contributed by atoms with Crippen molar-refractivity contribution in [2.24, 2.45) is 0 Å². The molecule has 0 amide bonds. The number of rotatable bonds is 5. The molecule has 1 aromatic heterocycles. The first kappa shape index (κ1) is 16.0. The Morgan fingerprint density at radius 2 is 1.86 bits per heavy atom. The molecule has 2 N–H and O–H groups in total. The Labute approximate surface area is 132 Å². The summed E-state index contributed by atoms with van der Waals surface area (Å²) in [5, 5.41) is 9.83. The highest BCUT2D eigenvalue weighted by Crippen LogP contribution is 2.27. The Bertz CT molecular complexity index is 737. The lowest BCUT2D eigenvalue weighted by Gasteiger charge is -2.13. The van der Waals surface area contributed by atoms with Crippen LogP contribution in [-0.2, 0) is 0 Å². The van der Waals surface area contributed by atoms with Crippen LogP contribution in [0.2, 0.25) is 5.02 Å². The monoisotopic (exact) mass is 324 g/mol. The van der Waals surface area contributed by atoms with E-state index in [9.17, 15) is 8.78 Å². The Hall–Kier alpha value is -2.34. The molecule has 22 heavy (non-hydrogen) atoms. The molecule has 0 saturated heterocycles. The first-order chi connectivity index (χ1) is 10.3. The van der Waals surface area contributed by atoms with E-state index in [4.69, 9.17) is 11.6 Å². The van der Waals surface area contributed by atoms with E-state index in [-0.39, 0.29) is 10.6 Å². The van der Waals surface area contributed by atoms with Gasteiger partial charge in [0.15, 0.2) is 17.5 Å². The SMILES string of the molecule is C=C(Nc1cc(C(=C)N(C)C)[nH]n1)c1cc(F)c(F)cc1Cl. The third-order valence-electron chi connectivity index (χ3n) is 3.04. The maximum absolute atomic E-state index is 13.3. The summed E-state index contributed by atoms with van der Waals surface area (Å²) in [6.45, 7) is 7.67. The standard InChI is InChI=1S/C15H15ClF2N4/c1-8(10-5-12(17)13(18)6-11(10)16)19-15-7-14(20-21-15)9(2)22(3)4/h5-7H,1-2H2,3-4H3,(H2,19,20,21). The molecule has 0 fully saturated rings. The Kier molecular flexibility index (Phi) is 4.51. The second kappa shape index (κ2) is 6.19. The second-order valence-electron chi connectivity index (χ2n) is 4.86. The summed E-state index contributed by atoms with van der Waals surface area (Å²) >= 11 is 5.90. The van der Waals surface area contributed by atoms with Crippen molar-refractivity contribution in [3.05, 3.63) is 59.3 Å². The van der Waals surface area contributed by atoms with Crippen molar-refractivity contribution in [1.82, 2.24) is 15.1 Å². The normalized spacial score (nSPS) is 10.4. The van der Waals surface area contributed by atoms with Crippen molar-refractivity contribution in [3.8, 4) is 0 Å². The van der Waals surface area contributed by atoms with Gasteiger partial charge in [-0.15, -0.1) is 0 Å². The van der Waals surface area contributed by atoms with Crippen molar-refractivity contribution < 1.29 is 8.78 Å². The predicted molar refractivity (Wildman–Crippen MR) is 85.3 cm³/mol. The van der Waals surface area contributed by atoms with E-state index < -0.39 is 11.6 Å². The molecule has 0 aliphatic heterocycles. The zero-order valence-corrected chi connectivity index (χ0v) is 12.9. The molecule has 0 saturated carbocycles. The van der Waals surface area contributed by atoms with E-state index in [0.717, 1.165) is 23.5 Å². The van der Waals surface area contributed by atoms with E-state index in [1.54, 1.807) is 6.07 Å². The largest absolute Gasteiger partial charge is 0.376 e. The number of aromatic amines is 1. The van der Waals surface area contributed by atoms with Crippen LogP contribution in [0.3, 0.4) is 0 Å². The van der Waals surface area contributed by atoms with Gasteiger partial charge in [-0.05, 0) is 12.1 Å². The minimum absolute atomic E-state index is 0.0601. The van der Waals surface area contributed by atoms with Crippen LogP contribution in [0.15, 0.2) is 31.4 Å². The quantitative estimate of drug-likeness (QED) is 0.818. The smallest absolute Gasteiger partial charge is 0.160 e. The summed E-state index contributed by atoms with van der Waals surface area (Å²) in [6.07, 6.45) is 0. The second-order valence-corrected chi connectivity index (χ2v) is 5.26. The fourth-order valence-electron chi connectivity index (χ4n) is 1.75. The molecule has 4 nitrogen and oxygen atoms in total. The summed E-state index contributed by atoms with van der Waals surface area (Å²) in [5.41, 5.74) is 2.03. The summed E-state index contributed by atoms with van der Waals surface area (Å²) in [5.74, 6) is -1.54. The molecule has 0 atom stereocenters. The molecular formula is C15H15ClF2N4. The number of hydrogen-bond acceptors (Lipinski definition) is 3. The van der Waals surface area contributed by atoms with E-state index >= 15 is 0 Å². The zero-order valence-electron chi connectivity index (χ0n) is 12.2.